The highest BCUT2D eigenvalue weighted by molar-refractivity contribution is 7.20. The van der Waals surface area contributed by atoms with Crippen LogP contribution in [0.25, 0.3) is 21.0 Å². The Morgan fingerprint density at radius 2 is 1.94 bits per heavy atom. The molecule has 2 heterocycles. The van der Waals surface area contributed by atoms with E-state index in [-0.39, 0.29) is 17.5 Å². The van der Waals surface area contributed by atoms with Gasteiger partial charge in [0.2, 0.25) is 0 Å². The number of benzene rings is 2. The molecule has 0 saturated carbocycles. The lowest BCUT2D eigenvalue weighted by atomic mass is 10.0. The molecule has 0 aliphatic heterocycles. The van der Waals surface area contributed by atoms with Crippen molar-refractivity contribution in [3.63, 3.8) is 0 Å². The molecule has 0 unspecified atom stereocenters. The highest BCUT2D eigenvalue weighted by atomic mass is 32.1. The number of carbonyl (C=O) groups is 1. The average Bonchev–Trinajstić information content (AvgIpc) is 3.25. The van der Waals surface area contributed by atoms with Crippen molar-refractivity contribution >= 4 is 38.2 Å². The third-order valence-corrected chi connectivity index (χ3v) is 6.15. The van der Waals surface area contributed by atoms with E-state index < -0.39 is 6.36 Å². The predicted octanol–water partition coefficient (Wildman–Crippen LogP) is 6.01. The van der Waals surface area contributed by atoms with E-state index in [2.05, 4.69) is 15.0 Å². The molecule has 2 N–H and O–H groups in total. The molecule has 9 heteroatoms. The molecule has 4 rings (SSSR count). The fourth-order valence-electron chi connectivity index (χ4n) is 3.67. The second-order valence-corrected chi connectivity index (χ2v) is 8.29. The standard InChI is InChI=1S/C22H18F4N2O2S/c1-11-3-5-16(23)20-19(11)15(12(2)28-20)7-8-27-21(29)18-10-13-9-14(30-22(24,25)26)4-6-17(13)31-18/h3-6,9-10,28H,7-8H2,1-2H3,(H,27,29). The SMILES string of the molecule is Cc1[nH]c2c(F)ccc(C)c2c1CCNC(=O)c1cc2cc(OC(F)(F)F)ccc2s1. The van der Waals surface area contributed by atoms with Crippen LogP contribution < -0.4 is 10.1 Å². The Labute approximate surface area is 178 Å². The number of hydrogen-bond donors (Lipinski definition) is 2. The first-order valence-corrected chi connectivity index (χ1v) is 10.3. The zero-order valence-corrected chi connectivity index (χ0v) is 17.4. The topological polar surface area (TPSA) is 54.1 Å². The third-order valence-electron chi connectivity index (χ3n) is 5.04. The van der Waals surface area contributed by atoms with Crippen LogP contribution in [0.3, 0.4) is 0 Å². The smallest absolute Gasteiger partial charge is 0.406 e. The van der Waals surface area contributed by atoms with Crippen molar-refractivity contribution in [2.45, 2.75) is 26.6 Å². The van der Waals surface area contributed by atoms with Gasteiger partial charge in [0, 0.05) is 22.3 Å². The van der Waals surface area contributed by atoms with E-state index in [9.17, 15) is 22.4 Å². The number of alkyl halides is 3. The van der Waals surface area contributed by atoms with Gasteiger partial charge in [-0.15, -0.1) is 24.5 Å². The fraction of sp³-hybridized carbons (Fsp3) is 0.227. The lowest BCUT2D eigenvalue weighted by molar-refractivity contribution is -0.274. The summed E-state index contributed by atoms with van der Waals surface area (Å²) in [6.45, 7) is 4.10. The van der Waals surface area contributed by atoms with Gasteiger partial charge in [-0.3, -0.25) is 4.79 Å². The van der Waals surface area contributed by atoms with Crippen molar-refractivity contribution < 1.29 is 27.1 Å². The summed E-state index contributed by atoms with van der Waals surface area (Å²) in [5.41, 5.74) is 3.19. The number of amides is 1. The van der Waals surface area contributed by atoms with Crippen molar-refractivity contribution in [2.75, 3.05) is 6.54 Å². The second-order valence-electron chi connectivity index (χ2n) is 7.21. The number of fused-ring (bicyclic) bond motifs is 2. The Hall–Kier alpha value is -3.07. The van der Waals surface area contributed by atoms with Gasteiger partial charge in [-0.05, 0) is 67.1 Å². The number of halogens is 4. The number of aromatic amines is 1. The van der Waals surface area contributed by atoms with Gasteiger partial charge in [0.25, 0.3) is 5.91 Å². The highest BCUT2D eigenvalue weighted by Gasteiger charge is 2.31. The molecule has 0 fully saturated rings. The number of thiophene rings is 1. The summed E-state index contributed by atoms with van der Waals surface area (Å²) in [4.78, 5) is 16.0. The molecule has 0 spiro atoms. The van der Waals surface area contributed by atoms with E-state index in [1.54, 1.807) is 6.07 Å². The summed E-state index contributed by atoms with van der Waals surface area (Å²) in [6.07, 6.45) is -4.26. The minimum atomic E-state index is -4.77. The molecule has 0 atom stereocenters. The van der Waals surface area contributed by atoms with Crippen LogP contribution in [-0.2, 0) is 6.42 Å². The molecular weight excluding hydrogens is 432 g/mol. The summed E-state index contributed by atoms with van der Waals surface area (Å²) >= 11 is 1.19. The summed E-state index contributed by atoms with van der Waals surface area (Å²) in [5.74, 6) is -0.972. The van der Waals surface area contributed by atoms with Crippen LogP contribution in [0.15, 0.2) is 36.4 Å². The molecule has 2 aromatic heterocycles. The molecule has 0 bridgehead atoms. The van der Waals surface area contributed by atoms with Gasteiger partial charge in [0.1, 0.15) is 11.6 Å². The van der Waals surface area contributed by atoms with Crippen molar-refractivity contribution in [1.82, 2.24) is 10.3 Å². The van der Waals surface area contributed by atoms with Crippen LogP contribution in [0, 0.1) is 19.7 Å². The van der Waals surface area contributed by atoms with E-state index >= 15 is 0 Å². The Kier molecular flexibility index (Phi) is 5.38. The van der Waals surface area contributed by atoms with E-state index in [4.69, 9.17) is 0 Å². The number of rotatable bonds is 5. The summed E-state index contributed by atoms with van der Waals surface area (Å²) in [5, 5.41) is 4.15. The monoisotopic (exact) mass is 450 g/mol. The third kappa shape index (κ3) is 4.36. The number of aryl methyl sites for hydroxylation is 2. The first-order valence-electron chi connectivity index (χ1n) is 9.46. The van der Waals surface area contributed by atoms with Crippen molar-refractivity contribution in [3.05, 3.63) is 63.9 Å². The van der Waals surface area contributed by atoms with Gasteiger partial charge in [0.15, 0.2) is 0 Å². The maximum absolute atomic E-state index is 14.1. The number of carbonyl (C=O) groups excluding carboxylic acids is 1. The van der Waals surface area contributed by atoms with Crippen LogP contribution in [0.4, 0.5) is 17.6 Å². The largest absolute Gasteiger partial charge is 0.573 e. The van der Waals surface area contributed by atoms with E-state index in [1.807, 2.05) is 13.8 Å². The maximum atomic E-state index is 14.1. The van der Waals surface area contributed by atoms with Gasteiger partial charge in [-0.1, -0.05) is 6.07 Å². The Morgan fingerprint density at radius 1 is 1.16 bits per heavy atom. The Morgan fingerprint density at radius 3 is 2.68 bits per heavy atom. The van der Waals surface area contributed by atoms with Crippen LogP contribution in [0.1, 0.15) is 26.5 Å². The molecule has 4 aromatic rings. The zero-order valence-electron chi connectivity index (χ0n) is 16.6. The van der Waals surface area contributed by atoms with Gasteiger partial charge in [-0.25, -0.2) is 4.39 Å². The lowest BCUT2D eigenvalue weighted by Gasteiger charge is -2.08. The molecule has 4 nitrogen and oxygen atoms in total. The first kappa shape index (κ1) is 21.2. The number of nitrogens with one attached hydrogen (secondary N) is 2. The average molecular weight is 450 g/mol. The molecule has 162 valence electrons. The normalized spacial score (nSPS) is 11.9. The van der Waals surface area contributed by atoms with Gasteiger partial charge in [-0.2, -0.15) is 0 Å². The molecule has 1 amide bonds. The molecular formula is C22H18F4N2O2S. The van der Waals surface area contributed by atoms with Gasteiger partial charge in [0.05, 0.1) is 10.4 Å². The van der Waals surface area contributed by atoms with Crippen LogP contribution in [0.5, 0.6) is 5.75 Å². The van der Waals surface area contributed by atoms with Crippen molar-refractivity contribution in [1.29, 1.82) is 0 Å². The number of H-pyrrole nitrogens is 1. The maximum Gasteiger partial charge on any atom is 0.573 e. The van der Waals surface area contributed by atoms with E-state index in [1.165, 1.54) is 41.7 Å². The highest BCUT2D eigenvalue weighted by Crippen LogP contribution is 2.32. The molecule has 31 heavy (non-hydrogen) atoms. The quantitative estimate of drug-likeness (QED) is 0.366. The minimum absolute atomic E-state index is 0.320. The summed E-state index contributed by atoms with van der Waals surface area (Å²) < 4.78 is 55.9. The van der Waals surface area contributed by atoms with Crippen LogP contribution in [0.2, 0.25) is 0 Å². The van der Waals surface area contributed by atoms with Crippen molar-refractivity contribution in [2.24, 2.45) is 0 Å². The molecule has 0 aliphatic rings. The summed E-state index contributed by atoms with van der Waals surface area (Å²) in [6, 6.07) is 8.64. The van der Waals surface area contributed by atoms with E-state index in [0.29, 0.717) is 33.4 Å². The first-order chi connectivity index (χ1) is 14.6. The van der Waals surface area contributed by atoms with Gasteiger partial charge >= 0.3 is 6.36 Å². The lowest BCUT2D eigenvalue weighted by Crippen LogP contribution is -2.25. The minimum Gasteiger partial charge on any atom is -0.406 e. The Bertz CT molecular complexity index is 1290. The Balaban J connectivity index is 1.47. The van der Waals surface area contributed by atoms with Crippen molar-refractivity contribution in [3.8, 4) is 5.75 Å². The molecule has 0 saturated heterocycles. The van der Waals surface area contributed by atoms with Gasteiger partial charge < -0.3 is 15.0 Å². The van der Waals surface area contributed by atoms with Crippen LogP contribution in [-0.4, -0.2) is 23.8 Å². The fourth-order valence-corrected chi connectivity index (χ4v) is 4.63. The van der Waals surface area contributed by atoms with Crippen LogP contribution >= 0.6 is 11.3 Å². The van der Waals surface area contributed by atoms with E-state index in [0.717, 1.165) is 22.2 Å². The number of aromatic nitrogens is 1. The zero-order chi connectivity index (χ0) is 22.3. The second kappa shape index (κ2) is 7.88. The summed E-state index contributed by atoms with van der Waals surface area (Å²) in [7, 11) is 0. The predicted molar refractivity (Wildman–Crippen MR) is 112 cm³/mol. The molecule has 0 radical (unpaired) electrons. The number of hydrogen-bond acceptors (Lipinski definition) is 3. The molecule has 2 aromatic carbocycles. The molecule has 0 aliphatic carbocycles. The number of ether oxygens (including phenoxy) is 1.